The van der Waals surface area contributed by atoms with Crippen LogP contribution in [0.15, 0.2) is 34.2 Å². The van der Waals surface area contributed by atoms with Crippen molar-refractivity contribution in [2.24, 2.45) is 7.05 Å². The van der Waals surface area contributed by atoms with Crippen molar-refractivity contribution in [2.75, 3.05) is 0 Å². The van der Waals surface area contributed by atoms with Crippen molar-refractivity contribution in [2.45, 2.75) is 24.3 Å². The van der Waals surface area contributed by atoms with Gasteiger partial charge in [0.2, 0.25) is 5.89 Å². The van der Waals surface area contributed by atoms with E-state index in [0.29, 0.717) is 11.6 Å². The van der Waals surface area contributed by atoms with Gasteiger partial charge in [-0.2, -0.15) is 4.98 Å². The SMILES string of the molecule is CCc1noc(CSc2nnc(-c3cccnc3)n2C)n1. The number of hydrogen-bond acceptors (Lipinski definition) is 7. The Hall–Kier alpha value is -2.22. The highest BCUT2D eigenvalue weighted by Gasteiger charge is 2.13. The maximum absolute atomic E-state index is 5.16. The zero-order valence-corrected chi connectivity index (χ0v) is 12.5. The van der Waals surface area contributed by atoms with E-state index in [0.717, 1.165) is 28.8 Å². The standard InChI is InChI=1S/C13H14N6OS/c1-3-10-15-11(20-18-10)8-21-13-17-16-12(19(13)2)9-5-4-6-14-7-9/h4-7H,3,8H2,1-2H3. The van der Waals surface area contributed by atoms with Gasteiger partial charge < -0.3 is 9.09 Å². The van der Waals surface area contributed by atoms with E-state index in [9.17, 15) is 0 Å². The largest absolute Gasteiger partial charge is 0.338 e. The maximum atomic E-state index is 5.16. The van der Waals surface area contributed by atoms with E-state index in [1.807, 2.05) is 30.7 Å². The summed E-state index contributed by atoms with van der Waals surface area (Å²) in [5, 5.41) is 13.1. The van der Waals surface area contributed by atoms with Gasteiger partial charge >= 0.3 is 0 Å². The third kappa shape index (κ3) is 2.94. The Morgan fingerprint density at radius 2 is 2.24 bits per heavy atom. The monoisotopic (exact) mass is 302 g/mol. The molecule has 0 bridgehead atoms. The number of pyridine rings is 1. The molecule has 0 aliphatic rings. The molecule has 0 amide bonds. The lowest BCUT2D eigenvalue weighted by molar-refractivity contribution is 0.385. The third-order valence-electron chi connectivity index (χ3n) is 2.91. The lowest BCUT2D eigenvalue weighted by Crippen LogP contribution is -1.95. The average molecular weight is 302 g/mol. The fourth-order valence-corrected chi connectivity index (χ4v) is 2.55. The normalized spacial score (nSPS) is 11.0. The topological polar surface area (TPSA) is 82.5 Å². The number of hydrogen-bond donors (Lipinski definition) is 0. The molecule has 0 N–H and O–H groups in total. The highest BCUT2D eigenvalue weighted by molar-refractivity contribution is 7.98. The molecule has 108 valence electrons. The molecule has 3 heterocycles. The summed E-state index contributed by atoms with van der Waals surface area (Å²) in [6, 6.07) is 3.83. The first-order valence-electron chi connectivity index (χ1n) is 6.52. The van der Waals surface area contributed by atoms with Gasteiger partial charge in [0, 0.05) is 31.4 Å². The van der Waals surface area contributed by atoms with E-state index in [1.54, 1.807) is 12.4 Å². The number of nitrogens with zero attached hydrogens (tertiary/aromatic N) is 6. The van der Waals surface area contributed by atoms with E-state index in [1.165, 1.54) is 11.8 Å². The Morgan fingerprint density at radius 3 is 2.95 bits per heavy atom. The highest BCUT2D eigenvalue weighted by atomic mass is 32.2. The van der Waals surface area contributed by atoms with Crippen molar-refractivity contribution >= 4 is 11.8 Å². The van der Waals surface area contributed by atoms with Crippen LogP contribution < -0.4 is 0 Å². The Morgan fingerprint density at radius 1 is 1.33 bits per heavy atom. The fraction of sp³-hybridized carbons (Fsp3) is 0.308. The Bertz CT molecular complexity index is 723. The molecule has 3 aromatic heterocycles. The number of rotatable bonds is 5. The fourth-order valence-electron chi connectivity index (χ4n) is 1.81. The van der Waals surface area contributed by atoms with Crippen LogP contribution in [0.2, 0.25) is 0 Å². The number of thioether (sulfide) groups is 1. The van der Waals surface area contributed by atoms with Crippen LogP contribution in [0.1, 0.15) is 18.6 Å². The van der Waals surface area contributed by atoms with Crippen LogP contribution in [-0.4, -0.2) is 29.9 Å². The van der Waals surface area contributed by atoms with E-state index in [-0.39, 0.29) is 0 Å². The molecule has 0 fully saturated rings. The van der Waals surface area contributed by atoms with Gasteiger partial charge in [0.1, 0.15) is 0 Å². The first-order valence-corrected chi connectivity index (χ1v) is 7.50. The minimum Gasteiger partial charge on any atom is -0.338 e. The van der Waals surface area contributed by atoms with Gasteiger partial charge in [-0.05, 0) is 12.1 Å². The molecule has 3 aromatic rings. The van der Waals surface area contributed by atoms with Crippen LogP contribution in [0, 0.1) is 0 Å². The molecule has 0 aliphatic carbocycles. The quantitative estimate of drug-likeness (QED) is 0.667. The number of aryl methyl sites for hydroxylation is 1. The van der Waals surface area contributed by atoms with E-state index < -0.39 is 0 Å². The minimum absolute atomic E-state index is 0.575. The van der Waals surface area contributed by atoms with Gasteiger partial charge in [0.15, 0.2) is 16.8 Å². The summed E-state index contributed by atoms with van der Waals surface area (Å²) in [4.78, 5) is 8.37. The molecule has 0 spiro atoms. The first-order chi connectivity index (χ1) is 10.3. The molecule has 0 radical (unpaired) electrons. The average Bonchev–Trinajstić information content (AvgIpc) is 3.13. The van der Waals surface area contributed by atoms with Crippen molar-refractivity contribution in [1.29, 1.82) is 0 Å². The predicted molar refractivity (Wildman–Crippen MR) is 77.5 cm³/mol. The maximum Gasteiger partial charge on any atom is 0.237 e. The van der Waals surface area contributed by atoms with Gasteiger partial charge in [0.25, 0.3) is 0 Å². The van der Waals surface area contributed by atoms with Crippen LogP contribution in [0.3, 0.4) is 0 Å². The van der Waals surface area contributed by atoms with Crippen molar-refractivity contribution < 1.29 is 4.52 Å². The minimum atomic E-state index is 0.575. The second-order valence-electron chi connectivity index (χ2n) is 4.35. The molecule has 21 heavy (non-hydrogen) atoms. The van der Waals surface area contributed by atoms with Crippen molar-refractivity contribution in [3.05, 3.63) is 36.2 Å². The van der Waals surface area contributed by atoms with E-state index in [4.69, 9.17) is 4.52 Å². The van der Waals surface area contributed by atoms with Crippen LogP contribution in [0.4, 0.5) is 0 Å². The molecular formula is C13H14N6OS. The zero-order valence-electron chi connectivity index (χ0n) is 11.7. The van der Waals surface area contributed by atoms with Gasteiger partial charge in [-0.25, -0.2) is 0 Å². The van der Waals surface area contributed by atoms with E-state index >= 15 is 0 Å². The lowest BCUT2D eigenvalue weighted by Gasteiger charge is -2.02. The second kappa shape index (κ2) is 6.04. The van der Waals surface area contributed by atoms with Crippen molar-refractivity contribution in [3.8, 4) is 11.4 Å². The summed E-state index contributed by atoms with van der Waals surface area (Å²) in [6.45, 7) is 1.99. The predicted octanol–water partition coefficient (Wildman–Crippen LogP) is 2.11. The molecule has 8 heteroatoms. The Labute approximate surface area is 125 Å². The molecule has 0 saturated heterocycles. The highest BCUT2D eigenvalue weighted by Crippen LogP contribution is 2.24. The van der Waals surface area contributed by atoms with Crippen molar-refractivity contribution in [1.82, 2.24) is 29.9 Å². The summed E-state index contributed by atoms with van der Waals surface area (Å²) in [7, 11) is 1.93. The molecular weight excluding hydrogens is 288 g/mol. The number of aromatic nitrogens is 6. The van der Waals surface area contributed by atoms with E-state index in [2.05, 4.69) is 25.3 Å². The molecule has 3 rings (SSSR count). The van der Waals surface area contributed by atoms with Gasteiger partial charge in [0.05, 0.1) is 5.75 Å². The molecule has 0 aromatic carbocycles. The van der Waals surface area contributed by atoms with Crippen molar-refractivity contribution in [3.63, 3.8) is 0 Å². The van der Waals surface area contributed by atoms with Gasteiger partial charge in [-0.3, -0.25) is 4.98 Å². The summed E-state index contributed by atoms with van der Waals surface area (Å²) in [5.41, 5.74) is 0.936. The Balaban J connectivity index is 1.74. The second-order valence-corrected chi connectivity index (χ2v) is 5.30. The first kappa shape index (κ1) is 13.7. The molecule has 0 atom stereocenters. The summed E-state index contributed by atoms with van der Waals surface area (Å²) in [6.07, 6.45) is 4.27. The molecule has 0 aliphatic heterocycles. The summed E-state index contributed by atoms with van der Waals surface area (Å²) < 4.78 is 7.09. The lowest BCUT2D eigenvalue weighted by atomic mass is 10.3. The summed E-state index contributed by atoms with van der Waals surface area (Å²) >= 11 is 1.51. The smallest absolute Gasteiger partial charge is 0.237 e. The van der Waals surface area contributed by atoms with Crippen LogP contribution in [0.5, 0.6) is 0 Å². The van der Waals surface area contributed by atoms with Crippen LogP contribution >= 0.6 is 11.8 Å². The van der Waals surface area contributed by atoms with Gasteiger partial charge in [-0.15, -0.1) is 10.2 Å². The molecule has 7 nitrogen and oxygen atoms in total. The van der Waals surface area contributed by atoms with Gasteiger partial charge in [-0.1, -0.05) is 23.8 Å². The molecule has 0 saturated carbocycles. The summed E-state index contributed by atoms with van der Waals surface area (Å²) in [5.74, 6) is 2.68. The Kier molecular flexibility index (Phi) is 3.96. The third-order valence-corrected chi connectivity index (χ3v) is 3.91. The zero-order chi connectivity index (χ0) is 14.7. The molecule has 0 unspecified atom stereocenters. The van der Waals surface area contributed by atoms with Crippen LogP contribution in [-0.2, 0) is 19.2 Å². The van der Waals surface area contributed by atoms with Crippen LogP contribution in [0.25, 0.3) is 11.4 Å².